The summed E-state index contributed by atoms with van der Waals surface area (Å²) in [5.41, 5.74) is 8.68. The van der Waals surface area contributed by atoms with E-state index in [1.165, 1.54) is 11.1 Å². The molecule has 0 radical (unpaired) electrons. The van der Waals surface area contributed by atoms with Gasteiger partial charge in [-0.25, -0.2) is 0 Å². The monoisotopic (exact) mass is 247 g/mol. The first-order valence-corrected chi connectivity index (χ1v) is 5.74. The van der Waals surface area contributed by atoms with Crippen molar-refractivity contribution >= 4 is 17.3 Å². The third kappa shape index (κ3) is 2.71. The molecule has 2 nitrogen and oxygen atoms in total. The largest absolute Gasteiger partial charge is 0.456 e. The predicted octanol–water partition coefficient (Wildman–Crippen LogP) is 4.33. The van der Waals surface area contributed by atoms with Crippen LogP contribution in [-0.4, -0.2) is 0 Å². The maximum absolute atomic E-state index is 6.05. The summed E-state index contributed by atoms with van der Waals surface area (Å²) in [7, 11) is 0. The first-order valence-electron chi connectivity index (χ1n) is 5.36. The van der Waals surface area contributed by atoms with Crippen LogP contribution >= 0.6 is 11.6 Å². The number of nitrogens with two attached hydrogens (primary N) is 1. The van der Waals surface area contributed by atoms with Crippen LogP contribution in [0.25, 0.3) is 0 Å². The summed E-state index contributed by atoms with van der Waals surface area (Å²) in [6, 6.07) is 11.2. The average molecular weight is 248 g/mol. The average Bonchev–Trinajstić information content (AvgIpc) is 2.27. The minimum absolute atomic E-state index is 0.517. The number of benzene rings is 2. The van der Waals surface area contributed by atoms with Crippen molar-refractivity contribution in [1.82, 2.24) is 0 Å². The van der Waals surface area contributed by atoms with E-state index in [9.17, 15) is 0 Å². The Morgan fingerprint density at radius 2 is 1.76 bits per heavy atom. The molecule has 0 aliphatic heterocycles. The Bertz CT molecular complexity index is 552. The van der Waals surface area contributed by atoms with Crippen LogP contribution in [0.3, 0.4) is 0 Å². The molecule has 2 aromatic rings. The molecule has 88 valence electrons. The van der Waals surface area contributed by atoms with Gasteiger partial charge in [-0.15, -0.1) is 0 Å². The van der Waals surface area contributed by atoms with E-state index in [4.69, 9.17) is 22.1 Å². The highest BCUT2D eigenvalue weighted by atomic mass is 35.5. The molecule has 2 rings (SSSR count). The second-order valence-corrected chi connectivity index (χ2v) is 4.45. The minimum atomic E-state index is 0.517. The van der Waals surface area contributed by atoms with Crippen molar-refractivity contribution in [3.63, 3.8) is 0 Å². The molecule has 0 spiro atoms. The molecule has 0 atom stereocenters. The van der Waals surface area contributed by atoms with Crippen LogP contribution in [0.5, 0.6) is 11.5 Å². The molecular formula is C14H14ClNO. The number of hydrogen-bond acceptors (Lipinski definition) is 2. The lowest BCUT2D eigenvalue weighted by Gasteiger charge is -2.09. The molecule has 0 bridgehead atoms. The van der Waals surface area contributed by atoms with Crippen molar-refractivity contribution in [3.8, 4) is 11.5 Å². The van der Waals surface area contributed by atoms with E-state index in [2.05, 4.69) is 6.92 Å². The summed E-state index contributed by atoms with van der Waals surface area (Å²) >= 11 is 6.05. The van der Waals surface area contributed by atoms with E-state index < -0.39 is 0 Å². The Kier molecular flexibility index (Phi) is 3.25. The highest BCUT2D eigenvalue weighted by Crippen LogP contribution is 2.31. The first kappa shape index (κ1) is 11.8. The second-order valence-electron chi connectivity index (χ2n) is 4.04. The summed E-state index contributed by atoms with van der Waals surface area (Å²) in [5.74, 6) is 1.39. The molecule has 17 heavy (non-hydrogen) atoms. The van der Waals surface area contributed by atoms with Crippen molar-refractivity contribution < 1.29 is 4.74 Å². The Morgan fingerprint density at radius 1 is 1.00 bits per heavy atom. The van der Waals surface area contributed by atoms with Crippen LogP contribution in [0.1, 0.15) is 11.1 Å². The molecule has 2 N–H and O–H groups in total. The molecule has 0 fully saturated rings. The molecular weight excluding hydrogens is 234 g/mol. The lowest BCUT2D eigenvalue weighted by atomic mass is 10.1. The maximum atomic E-state index is 6.05. The van der Waals surface area contributed by atoms with Gasteiger partial charge in [0.25, 0.3) is 0 Å². The SMILES string of the molecule is Cc1ccc(Oc2ccc(N)cc2Cl)cc1C. The highest BCUT2D eigenvalue weighted by molar-refractivity contribution is 6.32. The molecule has 0 amide bonds. The van der Waals surface area contributed by atoms with E-state index in [0.717, 1.165) is 5.75 Å². The fourth-order valence-electron chi connectivity index (χ4n) is 1.50. The Morgan fingerprint density at radius 3 is 2.41 bits per heavy atom. The van der Waals surface area contributed by atoms with Crippen LogP contribution in [-0.2, 0) is 0 Å². The highest BCUT2D eigenvalue weighted by Gasteiger charge is 2.04. The number of rotatable bonds is 2. The summed E-state index contributed by atoms with van der Waals surface area (Å²) in [6.07, 6.45) is 0. The number of anilines is 1. The number of hydrogen-bond donors (Lipinski definition) is 1. The minimum Gasteiger partial charge on any atom is -0.456 e. The summed E-state index contributed by atoms with van der Waals surface area (Å²) in [5, 5.41) is 0.517. The Balaban J connectivity index is 2.28. The zero-order valence-corrected chi connectivity index (χ0v) is 10.6. The second kappa shape index (κ2) is 4.68. The Labute approximate surface area is 106 Å². The van der Waals surface area contributed by atoms with Gasteiger partial charge in [0.15, 0.2) is 0 Å². The number of halogens is 1. The maximum Gasteiger partial charge on any atom is 0.146 e. The van der Waals surface area contributed by atoms with Crippen molar-refractivity contribution in [2.24, 2.45) is 0 Å². The quantitative estimate of drug-likeness (QED) is 0.802. The summed E-state index contributed by atoms with van der Waals surface area (Å²) < 4.78 is 5.71. The molecule has 2 aromatic carbocycles. The van der Waals surface area contributed by atoms with Crippen LogP contribution in [0.15, 0.2) is 36.4 Å². The topological polar surface area (TPSA) is 35.2 Å². The van der Waals surface area contributed by atoms with Gasteiger partial charge in [0.2, 0.25) is 0 Å². The zero-order chi connectivity index (χ0) is 12.4. The van der Waals surface area contributed by atoms with Crippen LogP contribution in [0.2, 0.25) is 5.02 Å². The van der Waals surface area contributed by atoms with Crippen LogP contribution in [0.4, 0.5) is 5.69 Å². The van der Waals surface area contributed by atoms with E-state index in [1.807, 2.05) is 25.1 Å². The van der Waals surface area contributed by atoms with Crippen LogP contribution < -0.4 is 10.5 Å². The van der Waals surface area contributed by atoms with Crippen molar-refractivity contribution in [2.45, 2.75) is 13.8 Å². The van der Waals surface area contributed by atoms with Gasteiger partial charge in [0.1, 0.15) is 11.5 Å². The lowest BCUT2D eigenvalue weighted by molar-refractivity contribution is 0.482. The van der Waals surface area contributed by atoms with Gasteiger partial charge in [-0.3, -0.25) is 0 Å². The summed E-state index contributed by atoms with van der Waals surface area (Å²) in [6.45, 7) is 4.11. The summed E-state index contributed by atoms with van der Waals surface area (Å²) in [4.78, 5) is 0. The Hall–Kier alpha value is -1.67. The van der Waals surface area contributed by atoms with Crippen molar-refractivity contribution in [1.29, 1.82) is 0 Å². The third-order valence-corrected chi connectivity index (χ3v) is 2.96. The van der Waals surface area contributed by atoms with Gasteiger partial charge in [0.05, 0.1) is 5.02 Å². The van der Waals surface area contributed by atoms with E-state index in [0.29, 0.717) is 16.5 Å². The van der Waals surface area contributed by atoms with Gasteiger partial charge in [-0.2, -0.15) is 0 Å². The molecule has 0 unspecified atom stereocenters. The van der Waals surface area contributed by atoms with Crippen LogP contribution in [0, 0.1) is 13.8 Å². The van der Waals surface area contributed by atoms with Gasteiger partial charge in [0, 0.05) is 5.69 Å². The molecule has 0 aliphatic carbocycles. The zero-order valence-electron chi connectivity index (χ0n) is 9.83. The van der Waals surface area contributed by atoms with E-state index in [-0.39, 0.29) is 0 Å². The fraction of sp³-hybridized carbons (Fsp3) is 0.143. The van der Waals surface area contributed by atoms with Crippen molar-refractivity contribution in [3.05, 3.63) is 52.5 Å². The number of ether oxygens (including phenoxy) is 1. The van der Waals surface area contributed by atoms with Crippen molar-refractivity contribution in [2.75, 3.05) is 5.73 Å². The number of aryl methyl sites for hydroxylation is 2. The lowest BCUT2D eigenvalue weighted by Crippen LogP contribution is -1.89. The van der Waals surface area contributed by atoms with Gasteiger partial charge < -0.3 is 10.5 Å². The first-order chi connectivity index (χ1) is 8.06. The molecule has 0 heterocycles. The number of nitrogen functional groups attached to an aromatic ring is 1. The predicted molar refractivity (Wildman–Crippen MR) is 71.9 cm³/mol. The standard InChI is InChI=1S/C14H14ClNO/c1-9-3-5-12(7-10(9)2)17-14-6-4-11(16)8-13(14)15/h3-8H,16H2,1-2H3. The molecule has 0 aliphatic rings. The van der Waals surface area contributed by atoms with Gasteiger partial charge in [-0.1, -0.05) is 17.7 Å². The molecule has 0 saturated heterocycles. The third-order valence-electron chi connectivity index (χ3n) is 2.66. The smallest absolute Gasteiger partial charge is 0.146 e. The molecule has 3 heteroatoms. The van der Waals surface area contributed by atoms with E-state index in [1.54, 1.807) is 18.2 Å². The molecule has 0 saturated carbocycles. The van der Waals surface area contributed by atoms with Gasteiger partial charge >= 0.3 is 0 Å². The fourth-order valence-corrected chi connectivity index (χ4v) is 1.73. The van der Waals surface area contributed by atoms with E-state index >= 15 is 0 Å². The molecule has 0 aromatic heterocycles. The van der Waals surface area contributed by atoms with Gasteiger partial charge in [-0.05, 0) is 55.3 Å². The normalized spacial score (nSPS) is 10.3.